The largest absolute Gasteiger partial charge is 0.394 e. The summed E-state index contributed by atoms with van der Waals surface area (Å²) >= 11 is 1.47. The lowest BCUT2D eigenvalue weighted by molar-refractivity contribution is 0.0920. The fourth-order valence-electron chi connectivity index (χ4n) is 2.41. The first kappa shape index (κ1) is 14.8. The molecule has 1 aromatic heterocycles. The van der Waals surface area contributed by atoms with Crippen LogP contribution in [0.1, 0.15) is 15.2 Å². The molecule has 0 radical (unpaired) electrons. The first-order valence-electron chi connectivity index (χ1n) is 7.20. The van der Waals surface area contributed by atoms with E-state index in [1.54, 1.807) is 0 Å². The Kier molecular flexibility index (Phi) is 4.51. The minimum Gasteiger partial charge on any atom is -0.394 e. The molecule has 0 unspecified atom stereocenters. The summed E-state index contributed by atoms with van der Waals surface area (Å²) in [6, 6.07) is 19.4. The molecule has 2 aromatic carbocycles. The van der Waals surface area contributed by atoms with Crippen molar-refractivity contribution in [3.8, 4) is 0 Å². The number of carbonyl (C=O) groups excluding carboxylic acids is 1. The number of nitrogens with one attached hydrogen (secondary N) is 1. The second-order valence-corrected chi connectivity index (χ2v) is 6.27. The zero-order valence-corrected chi connectivity index (χ0v) is 12.8. The predicted molar refractivity (Wildman–Crippen MR) is 90.3 cm³/mol. The second-order valence-electron chi connectivity index (χ2n) is 5.19. The van der Waals surface area contributed by atoms with Gasteiger partial charge in [-0.25, -0.2) is 0 Å². The zero-order valence-electron chi connectivity index (χ0n) is 12.0. The lowest BCUT2D eigenvalue weighted by Crippen LogP contribution is -2.38. The minimum absolute atomic E-state index is 0.0778. The van der Waals surface area contributed by atoms with Crippen LogP contribution in [0.25, 0.3) is 10.1 Å². The number of benzene rings is 2. The summed E-state index contributed by atoms with van der Waals surface area (Å²) in [7, 11) is 0. The van der Waals surface area contributed by atoms with Gasteiger partial charge in [0.05, 0.1) is 17.5 Å². The highest BCUT2D eigenvalue weighted by Crippen LogP contribution is 2.25. The Morgan fingerprint density at radius 2 is 1.82 bits per heavy atom. The van der Waals surface area contributed by atoms with E-state index in [-0.39, 0.29) is 18.6 Å². The van der Waals surface area contributed by atoms with Crippen molar-refractivity contribution in [3.63, 3.8) is 0 Å². The Hall–Kier alpha value is -2.17. The van der Waals surface area contributed by atoms with Crippen molar-refractivity contribution in [3.05, 3.63) is 71.1 Å². The zero-order chi connectivity index (χ0) is 15.4. The maximum Gasteiger partial charge on any atom is 0.261 e. The van der Waals surface area contributed by atoms with Gasteiger partial charge in [0.2, 0.25) is 0 Å². The average molecular weight is 311 g/mol. The summed E-state index contributed by atoms with van der Waals surface area (Å²) in [5.41, 5.74) is 1.10. The third-order valence-corrected chi connectivity index (χ3v) is 4.64. The highest BCUT2D eigenvalue weighted by molar-refractivity contribution is 7.20. The van der Waals surface area contributed by atoms with Gasteiger partial charge < -0.3 is 10.4 Å². The van der Waals surface area contributed by atoms with E-state index in [9.17, 15) is 9.90 Å². The van der Waals surface area contributed by atoms with Crippen LogP contribution in [-0.2, 0) is 6.42 Å². The van der Waals surface area contributed by atoms with Gasteiger partial charge in [0.1, 0.15) is 0 Å². The van der Waals surface area contributed by atoms with Gasteiger partial charge in [0.15, 0.2) is 0 Å². The van der Waals surface area contributed by atoms with Crippen LogP contribution in [0.15, 0.2) is 60.7 Å². The van der Waals surface area contributed by atoms with E-state index in [1.165, 1.54) is 11.3 Å². The van der Waals surface area contributed by atoms with E-state index in [0.717, 1.165) is 15.6 Å². The number of aliphatic hydroxyl groups excluding tert-OH is 1. The fraction of sp³-hybridized carbons (Fsp3) is 0.167. The molecule has 1 atom stereocenters. The van der Waals surface area contributed by atoms with Gasteiger partial charge in [-0.1, -0.05) is 48.5 Å². The number of rotatable bonds is 5. The molecule has 0 spiro atoms. The standard InChI is InChI=1S/C18H17NO2S/c20-12-15(10-13-6-2-1-3-7-13)19-18(21)17-11-14-8-4-5-9-16(14)22-17/h1-9,11,15,20H,10,12H2,(H,19,21)/t15-/m0/s1. The summed E-state index contributed by atoms with van der Waals surface area (Å²) < 4.78 is 1.09. The van der Waals surface area contributed by atoms with Crippen molar-refractivity contribution < 1.29 is 9.90 Å². The van der Waals surface area contributed by atoms with Crippen LogP contribution in [0.5, 0.6) is 0 Å². The minimum atomic E-state index is -0.278. The molecule has 0 saturated carbocycles. The Labute approximate surface area is 133 Å². The second kappa shape index (κ2) is 6.73. The maximum atomic E-state index is 12.4. The highest BCUT2D eigenvalue weighted by atomic mass is 32.1. The molecule has 3 nitrogen and oxygen atoms in total. The molecule has 0 fully saturated rings. The summed E-state index contributed by atoms with van der Waals surface area (Å²) in [5.74, 6) is -0.129. The van der Waals surface area contributed by atoms with Crippen LogP contribution >= 0.6 is 11.3 Å². The molecule has 2 N–H and O–H groups in total. The molecule has 22 heavy (non-hydrogen) atoms. The number of aliphatic hydroxyl groups is 1. The highest BCUT2D eigenvalue weighted by Gasteiger charge is 2.15. The summed E-state index contributed by atoms with van der Waals surface area (Å²) in [5, 5.41) is 13.5. The van der Waals surface area contributed by atoms with Gasteiger partial charge in [-0.3, -0.25) is 4.79 Å². The molecule has 1 heterocycles. The molecular formula is C18H17NO2S. The Morgan fingerprint density at radius 3 is 2.55 bits per heavy atom. The SMILES string of the molecule is O=C(N[C@H](CO)Cc1ccccc1)c1cc2ccccc2s1. The Bertz CT molecular complexity index is 734. The topological polar surface area (TPSA) is 49.3 Å². The van der Waals surface area contributed by atoms with Crippen LogP contribution in [0, 0.1) is 0 Å². The monoisotopic (exact) mass is 311 g/mol. The molecule has 3 rings (SSSR count). The van der Waals surface area contributed by atoms with Gasteiger partial charge >= 0.3 is 0 Å². The van der Waals surface area contributed by atoms with Gasteiger partial charge in [-0.05, 0) is 29.5 Å². The molecule has 0 aliphatic heterocycles. The summed E-state index contributed by atoms with van der Waals surface area (Å²) in [6.07, 6.45) is 0.619. The van der Waals surface area contributed by atoms with E-state index in [0.29, 0.717) is 11.3 Å². The van der Waals surface area contributed by atoms with Crippen LogP contribution in [-0.4, -0.2) is 23.7 Å². The number of carbonyl (C=O) groups is 1. The van der Waals surface area contributed by atoms with E-state index in [4.69, 9.17) is 0 Å². The third kappa shape index (κ3) is 3.35. The molecule has 4 heteroatoms. The lowest BCUT2D eigenvalue weighted by atomic mass is 10.1. The van der Waals surface area contributed by atoms with Crippen molar-refractivity contribution in [1.29, 1.82) is 0 Å². The van der Waals surface area contributed by atoms with Crippen molar-refractivity contribution in [2.24, 2.45) is 0 Å². The fourth-order valence-corrected chi connectivity index (χ4v) is 3.38. The molecule has 1 amide bonds. The average Bonchev–Trinajstić information content (AvgIpc) is 2.99. The molecule has 0 aliphatic carbocycles. The molecule has 112 valence electrons. The number of hydrogen-bond acceptors (Lipinski definition) is 3. The maximum absolute atomic E-state index is 12.4. The van der Waals surface area contributed by atoms with Crippen molar-refractivity contribution in [2.45, 2.75) is 12.5 Å². The van der Waals surface area contributed by atoms with E-state index in [2.05, 4.69) is 5.32 Å². The smallest absolute Gasteiger partial charge is 0.261 e. The molecule has 0 aliphatic rings. The van der Waals surface area contributed by atoms with Gasteiger partial charge in [0.25, 0.3) is 5.91 Å². The van der Waals surface area contributed by atoms with Crippen LogP contribution < -0.4 is 5.32 Å². The van der Waals surface area contributed by atoms with Crippen LogP contribution in [0.2, 0.25) is 0 Å². The lowest BCUT2D eigenvalue weighted by Gasteiger charge is -2.15. The molecule has 0 bridgehead atoms. The van der Waals surface area contributed by atoms with Crippen molar-refractivity contribution in [1.82, 2.24) is 5.32 Å². The molecular weight excluding hydrogens is 294 g/mol. The Balaban J connectivity index is 1.71. The first-order chi connectivity index (χ1) is 10.8. The number of amides is 1. The van der Waals surface area contributed by atoms with E-state index < -0.39 is 0 Å². The van der Waals surface area contributed by atoms with Gasteiger partial charge in [-0.15, -0.1) is 11.3 Å². The van der Waals surface area contributed by atoms with Crippen molar-refractivity contribution in [2.75, 3.05) is 6.61 Å². The molecule has 0 saturated heterocycles. The van der Waals surface area contributed by atoms with Gasteiger partial charge in [-0.2, -0.15) is 0 Å². The summed E-state index contributed by atoms with van der Waals surface area (Å²) in [6.45, 7) is -0.0778. The molecule has 3 aromatic rings. The number of thiophene rings is 1. The predicted octanol–water partition coefficient (Wildman–Crippen LogP) is 3.23. The summed E-state index contributed by atoms with van der Waals surface area (Å²) in [4.78, 5) is 13.0. The number of fused-ring (bicyclic) bond motifs is 1. The Morgan fingerprint density at radius 1 is 1.09 bits per heavy atom. The van der Waals surface area contributed by atoms with Crippen LogP contribution in [0.3, 0.4) is 0 Å². The number of hydrogen-bond donors (Lipinski definition) is 2. The van der Waals surface area contributed by atoms with E-state index >= 15 is 0 Å². The van der Waals surface area contributed by atoms with E-state index in [1.807, 2.05) is 60.7 Å². The normalized spacial score (nSPS) is 12.2. The van der Waals surface area contributed by atoms with Gasteiger partial charge in [0, 0.05) is 4.70 Å². The van der Waals surface area contributed by atoms with Crippen LogP contribution in [0.4, 0.5) is 0 Å². The van der Waals surface area contributed by atoms with Crippen molar-refractivity contribution >= 4 is 27.3 Å². The first-order valence-corrected chi connectivity index (χ1v) is 8.02. The third-order valence-electron chi connectivity index (χ3n) is 3.53. The quantitative estimate of drug-likeness (QED) is 0.760.